The van der Waals surface area contributed by atoms with E-state index >= 15 is 0 Å². The van der Waals surface area contributed by atoms with Crippen molar-refractivity contribution in [3.8, 4) is 28.4 Å². The Balaban J connectivity index is 1.45. The van der Waals surface area contributed by atoms with E-state index < -0.39 is 5.91 Å². The summed E-state index contributed by atoms with van der Waals surface area (Å²) in [4.78, 5) is 25.2. The third-order valence-electron chi connectivity index (χ3n) is 6.32. The van der Waals surface area contributed by atoms with Gasteiger partial charge in [0.1, 0.15) is 0 Å². The van der Waals surface area contributed by atoms with Gasteiger partial charge in [0, 0.05) is 28.6 Å². The highest BCUT2D eigenvalue weighted by molar-refractivity contribution is 6.34. The van der Waals surface area contributed by atoms with Crippen molar-refractivity contribution in [2.75, 3.05) is 17.8 Å². The molecule has 6 rings (SSSR count). The summed E-state index contributed by atoms with van der Waals surface area (Å²) in [7, 11) is 0. The van der Waals surface area contributed by atoms with Crippen LogP contribution in [0.4, 0.5) is 11.4 Å². The number of aryl methyl sites for hydroxylation is 1. The SMILES string of the molecule is NC(=O)c1nn(-c2ccc3c(c2)OCO3)c2c1CCc1ccc(NC(=O)c3cc(N)ccc3Cl)cc1-2. The summed E-state index contributed by atoms with van der Waals surface area (Å²) in [5.41, 5.74) is 17.1. The molecule has 10 heteroatoms. The number of amides is 2. The molecule has 0 spiro atoms. The number of nitrogens with one attached hydrogen (secondary N) is 1. The zero-order chi connectivity index (χ0) is 25.0. The number of aromatic nitrogens is 2. The molecule has 180 valence electrons. The molecular formula is C26H20ClN5O4. The molecule has 1 aliphatic carbocycles. The Morgan fingerprint density at radius 2 is 1.83 bits per heavy atom. The standard InChI is InChI=1S/C26H20ClN5O4/c27-20-7-3-14(28)9-19(20)26(34)30-15-4-1-13-2-6-17-23(25(29)33)31-32(24(17)18(13)10-15)16-5-8-21-22(11-16)36-12-35-21/h1,3-5,7-11H,2,6,12,28H2,(H2,29,33)(H,30,34). The Morgan fingerprint density at radius 3 is 2.67 bits per heavy atom. The Morgan fingerprint density at radius 1 is 1.00 bits per heavy atom. The van der Waals surface area contributed by atoms with Crippen molar-refractivity contribution < 1.29 is 19.1 Å². The van der Waals surface area contributed by atoms with E-state index in [1.54, 1.807) is 22.9 Å². The summed E-state index contributed by atoms with van der Waals surface area (Å²) in [5.74, 6) is 0.245. The van der Waals surface area contributed by atoms with Crippen molar-refractivity contribution in [3.05, 3.63) is 82.0 Å². The topological polar surface area (TPSA) is 134 Å². The molecule has 2 heterocycles. The van der Waals surface area contributed by atoms with Gasteiger partial charge in [-0.25, -0.2) is 4.68 Å². The van der Waals surface area contributed by atoms with Crippen LogP contribution in [0.5, 0.6) is 11.5 Å². The molecule has 0 fully saturated rings. The number of hydrogen-bond donors (Lipinski definition) is 3. The van der Waals surface area contributed by atoms with E-state index in [0.29, 0.717) is 46.4 Å². The largest absolute Gasteiger partial charge is 0.454 e. The van der Waals surface area contributed by atoms with Gasteiger partial charge in [0.15, 0.2) is 17.2 Å². The number of anilines is 2. The highest BCUT2D eigenvalue weighted by Gasteiger charge is 2.29. The minimum atomic E-state index is -0.602. The summed E-state index contributed by atoms with van der Waals surface area (Å²) in [6, 6.07) is 15.8. The number of primary amides is 1. The fourth-order valence-electron chi connectivity index (χ4n) is 4.63. The molecule has 0 saturated heterocycles. The zero-order valence-electron chi connectivity index (χ0n) is 18.9. The van der Waals surface area contributed by atoms with Gasteiger partial charge in [-0.1, -0.05) is 17.7 Å². The van der Waals surface area contributed by atoms with Gasteiger partial charge in [-0.05, 0) is 60.9 Å². The van der Waals surface area contributed by atoms with Crippen molar-refractivity contribution in [1.82, 2.24) is 9.78 Å². The number of hydrogen-bond acceptors (Lipinski definition) is 6. The van der Waals surface area contributed by atoms with Crippen LogP contribution in [0.1, 0.15) is 32.0 Å². The van der Waals surface area contributed by atoms with Crippen LogP contribution in [-0.2, 0) is 12.8 Å². The first-order valence-electron chi connectivity index (χ1n) is 11.2. The molecule has 2 aliphatic rings. The minimum absolute atomic E-state index is 0.144. The summed E-state index contributed by atoms with van der Waals surface area (Å²) in [5, 5.41) is 7.77. The third-order valence-corrected chi connectivity index (χ3v) is 6.65. The predicted molar refractivity (Wildman–Crippen MR) is 135 cm³/mol. The van der Waals surface area contributed by atoms with Crippen molar-refractivity contribution in [2.24, 2.45) is 5.73 Å². The van der Waals surface area contributed by atoms with Gasteiger partial charge < -0.3 is 26.3 Å². The molecule has 0 radical (unpaired) electrons. The maximum Gasteiger partial charge on any atom is 0.269 e. The monoisotopic (exact) mass is 501 g/mol. The number of halogens is 1. The van der Waals surface area contributed by atoms with Crippen LogP contribution < -0.4 is 26.3 Å². The molecule has 1 aliphatic heterocycles. The zero-order valence-corrected chi connectivity index (χ0v) is 19.6. The first kappa shape index (κ1) is 22.0. The van der Waals surface area contributed by atoms with Crippen LogP contribution in [0.3, 0.4) is 0 Å². The van der Waals surface area contributed by atoms with E-state index in [1.165, 1.54) is 6.07 Å². The lowest BCUT2D eigenvalue weighted by molar-refractivity contribution is 0.0992. The van der Waals surface area contributed by atoms with Crippen molar-refractivity contribution in [3.63, 3.8) is 0 Å². The quantitative estimate of drug-likeness (QED) is 0.362. The van der Waals surface area contributed by atoms with E-state index in [9.17, 15) is 9.59 Å². The van der Waals surface area contributed by atoms with Crippen LogP contribution in [0.25, 0.3) is 16.9 Å². The molecule has 1 aromatic heterocycles. The van der Waals surface area contributed by atoms with E-state index in [0.717, 1.165) is 22.4 Å². The molecule has 2 amide bonds. The van der Waals surface area contributed by atoms with Crippen LogP contribution in [0, 0.1) is 0 Å². The summed E-state index contributed by atoms with van der Waals surface area (Å²) < 4.78 is 12.6. The Kier molecular flexibility index (Phi) is 5.08. The van der Waals surface area contributed by atoms with Crippen molar-refractivity contribution >= 4 is 34.8 Å². The number of nitrogen functional groups attached to an aromatic ring is 1. The molecule has 0 atom stereocenters. The normalized spacial score (nSPS) is 13.1. The van der Waals surface area contributed by atoms with Gasteiger partial charge in [0.2, 0.25) is 6.79 Å². The van der Waals surface area contributed by atoms with E-state index in [2.05, 4.69) is 10.4 Å². The molecular weight excluding hydrogens is 482 g/mol. The molecule has 0 unspecified atom stereocenters. The lowest BCUT2D eigenvalue weighted by Crippen LogP contribution is -2.16. The maximum atomic E-state index is 12.9. The van der Waals surface area contributed by atoms with Gasteiger partial charge in [0.25, 0.3) is 11.8 Å². The molecule has 5 N–H and O–H groups in total. The molecule has 9 nitrogen and oxygen atoms in total. The molecule has 0 saturated carbocycles. The fraction of sp³-hybridized carbons (Fsp3) is 0.115. The number of rotatable bonds is 4. The van der Waals surface area contributed by atoms with E-state index in [-0.39, 0.29) is 24.0 Å². The van der Waals surface area contributed by atoms with E-state index in [1.807, 2.05) is 30.3 Å². The number of fused-ring (bicyclic) bond motifs is 4. The Hall–Kier alpha value is -4.50. The van der Waals surface area contributed by atoms with Crippen LogP contribution in [0.15, 0.2) is 54.6 Å². The highest BCUT2D eigenvalue weighted by atomic mass is 35.5. The predicted octanol–water partition coefficient (Wildman–Crippen LogP) is 3.95. The number of carbonyl (C=O) groups excluding carboxylic acids is 2. The van der Waals surface area contributed by atoms with Gasteiger partial charge in [-0.15, -0.1) is 0 Å². The molecule has 3 aromatic carbocycles. The number of benzene rings is 3. The molecule has 36 heavy (non-hydrogen) atoms. The number of nitrogens with zero attached hydrogens (tertiary/aromatic N) is 2. The van der Waals surface area contributed by atoms with E-state index in [4.69, 9.17) is 32.5 Å². The van der Waals surface area contributed by atoms with Gasteiger partial charge in [0.05, 0.1) is 22.0 Å². The second kappa shape index (κ2) is 8.31. The highest BCUT2D eigenvalue weighted by Crippen LogP contribution is 2.40. The van der Waals surface area contributed by atoms with Gasteiger partial charge in [-0.3, -0.25) is 9.59 Å². The molecule has 0 bridgehead atoms. The third kappa shape index (κ3) is 3.61. The summed E-state index contributed by atoms with van der Waals surface area (Å²) in [6.07, 6.45) is 1.31. The Labute approximate surface area is 210 Å². The van der Waals surface area contributed by atoms with Crippen LogP contribution in [0.2, 0.25) is 5.02 Å². The van der Waals surface area contributed by atoms with Crippen LogP contribution >= 0.6 is 11.6 Å². The van der Waals surface area contributed by atoms with Crippen molar-refractivity contribution in [1.29, 1.82) is 0 Å². The van der Waals surface area contributed by atoms with Crippen LogP contribution in [-0.4, -0.2) is 28.4 Å². The number of carbonyl (C=O) groups is 2. The maximum absolute atomic E-state index is 12.9. The molecule has 4 aromatic rings. The first-order chi connectivity index (χ1) is 17.4. The summed E-state index contributed by atoms with van der Waals surface area (Å²) in [6.45, 7) is 0.144. The Bertz CT molecular complexity index is 1580. The van der Waals surface area contributed by atoms with Gasteiger partial charge in [-0.2, -0.15) is 5.10 Å². The minimum Gasteiger partial charge on any atom is -0.454 e. The average molecular weight is 502 g/mol. The number of nitrogens with two attached hydrogens (primary N) is 2. The second-order valence-electron chi connectivity index (χ2n) is 8.55. The first-order valence-corrected chi connectivity index (χ1v) is 11.6. The average Bonchev–Trinajstić information content (AvgIpc) is 3.50. The van der Waals surface area contributed by atoms with Gasteiger partial charge >= 0.3 is 0 Å². The summed E-state index contributed by atoms with van der Waals surface area (Å²) >= 11 is 6.21. The smallest absolute Gasteiger partial charge is 0.269 e. The lowest BCUT2D eigenvalue weighted by Gasteiger charge is -2.20. The van der Waals surface area contributed by atoms with Crippen molar-refractivity contribution in [2.45, 2.75) is 12.8 Å². The second-order valence-corrected chi connectivity index (χ2v) is 8.96. The fourth-order valence-corrected chi connectivity index (χ4v) is 4.84. The lowest BCUT2D eigenvalue weighted by atomic mass is 9.88. The number of ether oxygens (including phenoxy) is 2.